The zero-order valence-electron chi connectivity index (χ0n) is 22.4. The van der Waals surface area contributed by atoms with E-state index in [9.17, 15) is 33.9 Å². The molecule has 8 atom stereocenters. The average molecular weight is 562 g/mol. The number of carbonyl (C=O) groups excluding carboxylic acids is 6. The van der Waals surface area contributed by atoms with E-state index in [1.807, 2.05) is 0 Å². The van der Waals surface area contributed by atoms with Gasteiger partial charge in [-0.1, -0.05) is 0 Å². The third-order valence-electron chi connectivity index (χ3n) is 5.80. The molecule has 0 bridgehead atoms. The molecule has 1 radical (unpaired) electrons. The minimum atomic E-state index is -2.43. The van der Waals surface area contributed by atoms with E-state index >= 15 is 0 Å². The Kier molecular flexibility index (Phi) is 11.2. The van der Waals surface area contributed by atoms with E-state index in [-0.39, 0.29) is 6.42 Å². The largest absolute Gasteiger partial charge is 0.463 e. The summed E-state index contributed by atoms with van der Waals surface area (Å²) in [6, 6.07) is 0. The fourth-order valence-electron chi connectivity index (χ4n) is 4.44. The Bertz CT molecular complexity index is 948. The Morgan fingerprint density at radius 3 is 1.72 bits per heavy atom. The molecule has 219 valence electrons. The lowest BCUT2D eigenvalue weighted by Crippen LogP contribution is -2.75. The lowest BCUT2D eigenvalue weighted by molar-refractivity contribution is -0.320. The highest BCUT2D eigenvalue weighted by atomic mass is 16.7. The monoisotopic (exact) mass is 561 g/mol. The fraction of sp³-hybridized carbons (Fsp3) is 0.708. The van der Waals surface area contributed by atoms with Crippen molar-refractivity contribution in [1.29, 1.82) is 0 Å². The Hall–Kier alpha value is -3.30. The lowest BCUT2D eigenvalue weighted by atomic mass is 9.75. The molecule has 2 heterocycles. The molecule has 2 rings (SSSR count). The zero-order chi connectivity index (χ0) is 29.5. The van der Waals surface area contributed by atoms with E-state index in [0.717, 1.165) is 41.5 Å². The molecule has 0 aromatic rings. The van der Waals surface area contributed by atoms with Crippen molar-refractivity contribution in [3.8, 4) is 0 Å². The molecule has 2 aliphatic heterocycles. The summed E-state index contributed by atoms with van der Waals surface area (Å²) in [5, 5.41) is 12.2. The second-order valence-electron chi connectivity index (χ2n) is 8.93. The van der Waals surface area contributed by atoms with E-state index < -0.39 is 97.4 Å². The van der Waals surface area contributed by atoms with E-state index in [1.165, 1.54) is 6.61 Å². The average Bonchev–Trinajstić information content (AvgIpc) is 2.79. The highest BCUT2D eigenvalue weighted by Crippen LogP contribution is 2.42. The van der Waals surface area contributed by atoms with Crippen molar-refractivity contribution < 1.29 is 71.8 Å². The summed E-state index contributed by atoms with van der Waals surface area (Å²) in [5.41, 5.74) is -2.43. The quantitative estimate of drug-likeness (QED) is 0.273. The van der Waals surface area contributed by atoms with Crippen molar-refractivity contribution in [2.75, 3.05) is 13.2 Å². The number of carbonyl (C=O) groups is 6. The van der Waals surface area contributed by atoms with Gasteiger partial charge in [0.05, 0.1) is 6.61 Å². The molecule has 0 amide bonds. The molecule has 15 nitrogen and oxygen atoms in total. The first-order chi connectivity index (χ1) is 18.2. The summed E-state index contributed by atoms with van der Waals surface area (Å²) in [6.07, 6.45) is -10.9. The van der Waals surface area contributed by atoms with Gasteiger partial charge in [0.1, 0.15) is 37.6 Å². The molecule has 0 saturated carbocycles. The van der Waals surface area contributed by atoms with Crippen LogP contribution in [-0.4, -0.2) is 102 Å². The van der Waals surface area contributed by atoms with Gasteiger partial charge in [-0.15, -0.1) is 0 Å². The summed E-state index contributed by atoms with van der Waals surface area (Å²) in [7, 11) is 0. The number of hydrogen-bond acceptors (Lipinski definition) is 15. The van der Waals surface area contributed by atoms with Crippen LogP contribution in [0.4, 0.5) is 0 Å². The normalized spacial score (nSPS) is 32.2. The van der Waals surface area contributed by atoms with Crippen molar-refractivity contribution >= 4 is 35.8 Å². The first kappa shape index (κ1) is 31.9. The van der Waals surface area contributed by atoms with Gasteiger partial charge in [-0.2, -0.15) is 0 Å². The highest BCUT2D eigenvalue weighted by molar-refractivity contribution is 5.69. The molecule has 0 aromatic carbocycles. The SMILES string of the molecule is CC(=O)OC[C@H]1O[C@H]([C@@]2(O)[C@@H](COC(C)=O)O[CH]C[C@H]2OC(C)=O)[C@H](OC(C)=O)[C@@H](OC(C)=O)[C@@H]1OC(C)=O. The standard InChI is InChI=1S/C24H33O15/c1-11(25)33-9-17-20(36-14(4)28)21(37-15(5)29)22(38-16(6)30)23(39-17)24(31)18(35-13(3)27)7-8-32-19(24)10-34-12(2)26/h8,17-23,31H,7,9-10H2,1-6H3/t17-,18-,19-,20-,21+,22-,23+,24+/m1/s1. The van der Waals surface area contributed by atoms with Gasteiger partial charge >= 0.3 is 35.8 Å². The topological polar surface area (TPSA) is 196 Å². The fourth-order valence-corrected chi connectivity index (χ4v) is 4.44. The maximum atomic E-state index is 12.2. The molecule has 0 spiro atoms. The molecule has 0 unspecified atom stereocenters. The smallest absolute Gasteiger partial charge is 0.303 e. The first-order valence-corrected chi connectivity index (χ1v) is 12.0. The number of aliphatic hydroxyl groups is 1. The number of rotatable bonds is 9. The Balaban J connectivity index is 2.73. The molecule has 0 aliphatic carbocycles. The summed E-state index contributed by atoms with van der Waals surface area (Å²) >= 11 is 0. The second kappa shape index (κ2) is 13.7. The van der Waals surface area contributed by atoms with Gasteiger partial charge in [0.2, 0.25) is 0 Å². The van der Waals surface area contributed by atoms with Gasteiger partial charge in [0.15, 0.2) is 23.9 Å². The Morgan fingerprint density at radius 2 is 1.21 bits per heavy atom. The van der Waals surface area contributed by atoms with E-state index in [0.29, 0.717) is 0 Å². The summed E-state index contributed by atoms with van der Waals surface area (Å²) in [6.45, 7) is 6.55. The van der Waals surface area contributed by atoms with E-state index in [1.54, 1.807) is 0 Å². The van der Waals surface area contributed by atoms with Crippen LogP contribution in [0.2, 0.25) is 0 Å². The summed E-state index contributed by atoms with van der Waals surface area (Å²) < 4.78 is 43.2. The van der Waals surface area contributed by atoms with Crippen molar-refractivity contribution in [3.05, 3.63) is 6.61 Å². The van der Waals surface area contributed by atoms with Crippen LogP contribution in [0, 0.1) is 6.61 Å². The summed E-state index contributed by atoms with van der Waals surface area (Å²) in [4.78, 5) is 71.4. The number of ether oxygens (including phenoxy) is 8. The molecule has 15 heteroatoms. The lowest BCUT2D eigenvalue weighted by Gasteiger charge is -2.54. The molecule has 2 aliphatic rings. The van der Waals surface area contributed by atoms with E-state index in [2.05, 4.69) is 0 Å². The summed E-state index contributed by atoms with van der Waals surface area (Å²) in [5.74, 6) is -4.88. The molecule has 2 fully saturated rings. The van der Waals surface area contributed by atoms with Gasteiger partial charge in [-0.25, -0.2) is 0 Å². The molecule has 1 N–H and O–H groups in total. The highest BCUT2D eigenvalue weighted by Gasteiger charge is 2.65. The second-order valence-corrected chi connectivity index (χ2v) is 8.93. The molecular formula is C24H33O15. The Labute approximate surface area is 224 Å². The van der Waals surface area contributed by atoms with Crippen LogP contribution >= 0.6 is 0 Å². The van der Waals surface area contributed by atoms with Gasteiger partial charge < -0.3 is 43.0 Å². The molecule has 0 aromatic heterocycles. The molecule has 39 heavy (non-hydrogen) atoms. The predicted molar refractivity (Wildman–Crippen MR) is 123 cm³/mol. The van der Waals surface area contributed by atoms with E-state index in [4.69, 9.17) is 37.9 Å². The zero-order valence-corrected chi connectivity index (χ0v) is 22.4. The van der Waals surface area contributed by atoms with Crippen LogP contribution < -0.4 is 0 Å². The first-order valence-electron chi connectivity index (χ1n) is 12.0. The van der Waals surface area contributed by atoms with Gasteiger partial charge in [0, 0.05) is 48.0 Å². The van der Waals surface area contributed by atoms with Crippen LogP contribution in [0.15, 0.2) is 0 Å². The van der Waals surface area contributed by atoms with Crippen molar-refractivity contribution in [3.63, 3.8) is 0 Å². The van der Waals surface area contributed by atoms with Crippen molar-refractivity contribution in [2.24, 2.45) is 0 Å². The van der Waals surface area contributed by atoms with Crippen LogP contribution in [-0.2, 0) is 66.7 Å². The number of esters is 6. The third kappa shape index (κ3) is 8.34. The maximum Gasteiger partial charge on any atom is 0.303 e. The molecule has 2 saturated heterocycles. The van der Waals surface area contributed by atoms with Gasteiger partial charge in [-0.05, 0) is 0 Å². The number of hydrogen-bond donors (Lipinski definition) is 1. The minimum Gasteiger partial charge on any atom is -0.463 e. The van der Waals surface area contributed by atoms with Crippen LogP contribution in [0.1, 0.15) is 48.0 Å². The maximum absolute atomic E-state index is 12.2. The van der Waals surface area contributed by atoms with Gasteiger partial charge in [-0.3, -0.25) is 28.8 Å². The van der Waals surface area contributed by atoms with Crippen LogP contribution in [0.3, 0.4) is 0 Å². The van der Waals surface area contributed by atoms with Crippen LogP contribution in [0.5, 0.6) is 0 Å². The molecular weight excluding hydrogens is 528 g/mol. The Morgan fingerprint density at radius 1 is 0.718 bits per heavy atom. The van der Waals surface area contributed by atoms with Crippen LogP contribution in [0.25, 0.3) is 0 Å². The predicted octanol–water partition coefficient (Wildman–Crippen LogP) is -0.711. The minimum absolute atomic E-state index is 0.181. The van der Waals surface area contributed by atoms with Crippen molar-refractivity contribution in [1.82, 2.24) is 0 Å². The van der Waals surface area contributed by atoms with Gasteiger partial charge in [0.25, 0.3) is 0 Å². The van der Waals surface area contributed by atoms with Crippen molar-refractivity contribution in [2.45, 2.75) is 96.3 Å². The third-order valence-corrected chi connectivity index (χ3v) is 5.80.